The van der Waals surface area contributed by atoms with E-state index in [0.29, 0.717) is 0 Å². The van der Waals surface area contributed by atoms with Crippen LogP contribution in [0.5, 0.6) is 0 Å². The summed E-state index contributed by atoms with van der Waals surface area (Å²) in [7, 11) is 0. The van der Waals surface area contributed by atoms with Crippen molar-refractivity contribution in [2.45, 2.75) is 390 Å². The van der Waals surface area contributed by atoms with Crippen LogP contribution in [0.4, 0.5) is 0 Å². The van der Waals surface area contributed by atoms with Gasteiger partial charge in [-0.3, -0.25) is 17.6 Å². The Morgan fingerprint density at radius 3 is 0.586 bits per heavy atom. The molecule has 13 aromatic heterocycles. The van der Waals surface area contributed by atoms with Crippen molar-refractivity contribution >= 4 is 121 Å². The van der Waals surface area contributed by atoms with Gasteiger partial charge in [0.15, 0.2) is 22.1 Å². The molecular weight excluding hydrogens is 1220 g/mol. The highest BCUT2D eigenvalue weighted by molar-refractivity contribution is 7.09. The molecule has 534 valence electrons. The summed E-state index contributed by atoms with van der Waals surface area (Å²) in [6, 6.07) is 0. The Morgan fingerprint density at radius 2 is 0.374 bits per heavy atom. The van der Waals surface area contributed by atoms with E-state index in [-0.39, 0.29) is 0 Å². The van der Waals surface area contributed by atoms with Gasteiger partial charge < -0.3 is 0 Å². The van der Waals surface area contributed by atoms with Crippen LogP contribution in [0.1, 0.15) is 382 Å². The number of benzene rings is 1. The summed E-state index contributed by atoms with van der Waals surface area (Å²) in [5, 5.41) is 8.32. The Morgan fingerprint density at radius 1 is 0.192 bits per heavy atom. The Hall–Kier alpha value is -5.14. The first kappa shape index (κ1) is 70.9. The molecule has 0 radical (unpaired) electrons. The fourth-order valence-corrected chi connectivity index (χ4v) is 21.4. The molecule has 0 atom stereocenters. The molecule has 0 unspecified atom stereocenters. The number of aryl methyl sites for hydroxylation is 10. The van der Waals surface area contributed by atoms with E-state index in [4.69, 9.17) is 0 Å². The molecule has 0 N–H and O–H groups in total. The van der Waals surface area contributed by atoms with Crippen molar-refractivity contribution in [1.82, 2.24) is 17.6 Å². The van der Waals surface area contributed by atoms with Crippen molar-refractivity contribution in [2.24, 2.45) is 0 Å². The molecule has 0 aliphatic heterocycles. The fraction of sp³-hybridized carbons (Fsp3) is 0.652. The highest BCUT2D eigenvalue weighted by Gasteiger charge is 2.48. The number of aromatic nitrogens is 6. The summed E-state index contributed by atoms with van der Waals surface area (Å²) >= 11 is 1.99. The van der Waals surface area contributed by atoms with E-state index in [9.17, 15) is 0 Å². The van der Waals surface area contributed by atoms with E-state index < -0.39 is 0 Å². The SMILES string of the molecule is CCCCCCc1c(CCCCCC)c2c3c(CCCCCC)c(CCCCCC)c4c5c(CCCCCC)c(CCCCCC)c6c7c(CCCCCC)c(CCCCCC)c8c9c%10cscc%10c%10c%11c(CCCCCC)c(CCCCCC)c%12c1n2c1c(c(c(c(c1[n+]34)n65)n78)[n+]%109)n%12%11. The van der Waals surface area contributed by atoms with Crippen LogP contribution in [-0.4, -0.2) is 17.6 Å². The molecule has 0 bridgehead atoms. The van der Waals surface area contributed by atoms with Crippen LogP contribution < -0.4 is 8.80 Å². The van der Waals surface area contributed by atoms with E-state index in [2.05, 4.69) is 106 Å². The minimum atomic E-state index is 1.16. The highest BCUT2D eigenvalue weighted by Crippen LogP contribution is 2.54. The summed E-state index contributed by atoms with van der Waals surface area (Å²) in [5.74, 6) is 0. The maximum atomic E-state index is 3.19. The Balaban J connectivity index is 1.32. The van der Waals surface area contributed by atoms with Crippen molar-refractivity contribution in [3.63, 3.8) is 0 Å². The summed E-state index contributed by atoms with van der Waals surface area (Å²) in [4.78, 5) is 0. The first-order valence-corrected chi connectivity index (χ1v) is 44.1. The molecule has 0 amide bonds. The molecule has 14 rings (SSSR count). The van der Waals surface area contributed by atoms with Crippen molar-refractivity contribution in [3.05, 3.63) is 66.4 Å². The lowest BCUT2D eigenvalue weighted by molar-refractivity contribution is -0.448. The van der Waals surface area contributed by atoms with Gasteiger partial charge in [-0.15, -0.1) is 8.80 Å². The second-order valence-corrected chi connectivity index (χ2v) is 33.1. The maximum absolute atomic E-state index is 3.19. The van der Waals surface area contributed by atoms with Crippen LogP contribution in [0.2, 0.25) is 0 Å². The quantitative estimate of drug-likeness (QED) is 0.0157. The first-order valence-electron chi connectivity index (χ1n) is 43.2. The third kappa shape index (κ3) is 12.0. The molecular formula is C92H132N6S+2. The zero-order chi connectivity index (χ0) is 68.3. The molecule has 7 heteroatoms. The molecule has 0 aliphatic carbocycles. The van der Waals surface area contributed by atoms with Gasteiger partial charge in [0.1, 0.15) is 22.1 Å². The van der Waals surface area contributed by atoms with E-state index in [1.807, 2.05) is 11.3 Å². The molecule has 13 heterocycles. The molecule has 0 saturated carbocycles. The first-order chi connectivity index (χ1) is 49.0. The molecule has 99 heavy (non-hydrogen) atoms. The normalized spacial score (nSPS) is 13.2. The van der Waals surface area contributed by atoms with Gasteiger partial charge in [0.25, 0.3) is 11.0 Å². The van der Waals surface area contributed by atoms with Gasteiger partial charge in [0, 0.05) is 21.9 Å². The van der Waals surface area contributed by atoms with Crippen LogP contribution in [-0.2, 0) is 64.2 Å². The van der Waals surface area contributed by atoms with Gasteiger partial charge in [0.05, 0.1) is 32.8 Å². The van der Waals surface area contributed by atoms with Crippen molar-refractivity contribution in [2.75, 3.05) is 0 Å². The van der Waals surface area contributed by atoms with Gasteiger partial charge in [-0.05, 0) is 173 Å². The van der Waals surface area contributed by atoms with Gasteiger partial charge in [-0.25, -0.2) is 0 Å². The highest BCUT2D eigenvalue weighted by atomic mass is 32.1. The number of unbranched alkanes of at least 4 members (excludes halogenated alkanes) is 30. The van der Waals surface area contributed by atoms with Crippen molar-refractivity contribution < 1.29 is 8.80 Å². The molecule has 0 aliphatic rings. The average molecular weight is 1350 g/mol. The molecule has 0 saturated heterocycles. The van der Waals surface area contributed by atoms with Crippen LogP contribution in [0.25, 0.3) is 110 Å². The standard InChI is InChI=1S/C92H132N6S/c1-11-21-31-41-51-63-64(52-42-32-22-12-2)76-78-66(54-44-34-24-14-4)68(56-46-36-26-16-6)80-82-70(58-48-38-28-18-8)72(60-50-40-30-20-10)84-86-74-62-99-61-73(74)85-83-71(59-49-39-29-19-9)69(57-47-37-27-17-7)81-79-67(55-45-35-25-15-5)65(53-43-33-23-13-3)77-75(63)93(76)87-88(94(77)79)90(96(81)83)92(98(85)86)91(97(82)84)89(87)95(78)80/h61-62H,11-60H2,1-10H3/q+2. The summed E-state index contributed by atoms with van der Waals surface area (Å²) in [5.41, 5.74) is 46.0. The zero-order valence-electron chi connectivity index (χ0n) is 64.6. The van der Waals surface area contributed by atoms with E-state index in [0.717, 1.165) is 12.8 Å². The Kier molecular flexibility index (Phi) is 23.1. The minimum Gasteiger partial charge on any atom is -0.294 e. The fourth-order valence-electron chi connectivity index (χ4n) is 20.6. The van der Waals surface area contributed by atoms with Gasteiger partial charge in [-0.2, -0.15) is 11.3 Å². The van der Waals surface area contributed by atoms with E-state index in [1.54, 1.807) is 127 Å². The molecule has 14 aromatic rings. The number of hydrogen-bond donors (Lipinski definition) is 0. The molecule has 1 aromatic carbocycles. The number of hydrogen-bond acceptors (Lipinski definition) is 1. The van der Waals surface area contributed by atoms with Crippen LogP contribution in [0.3, 0.4) is 0 Å². The molecule has 0 fully saturated rings. The summed E-state index contributed by atoms with van der Waals surface area (Å²) in [6.45, 7) is 24.3. The summed E-state index contributed by atoms with van der Waals surface area (Å²) in [6.07, 6.45) is 63.4. The third-order valence-electron chi connectivity index (χ3n) is 25.4. The zero-order valence-corrected chi connectivity index (χ0v) is 65.4. The van der Waals surface area contributed by atoms with Gasteiger partial charge in [0.2, 0.25) is 22.1 Å². The van der Waals surface area contributed by atoms with Crippen molar-refractivity contribution in [1.29, 1.82) is 0 Å². The average Bonchev–Trinajstić information content (AvgIpc) is 1.47. The Labute approximate surface area is 600 Å². The summed E-state index contributed by atoms with van der Waals surface area (Å²) < 4.78 is 18.9. The molecule has 0 spiro atoms. The largest absolute Gasteiger partial charge is 0.294 e. The van der Waals surface area contributed by atoms with Crippen LogP contribution in [0.15, 0.2) is 10.8 Å². The lowest BCUT2D eigenvalue weighted by Gasteiger charge is -2.20. The predicted molar refractivity (Wildman–Crippen MR) is 434 cm³/mol. The number of rotatable bonds is 50. The minimum absolute atomic E-state index is 1.16. The van der Waals surface area contributed by atoms with Crippen LogP contribution >= 0.6 is 11.3 Å². The van der Waals surface area contributed by atoms with E-state index >= 15 is 0 Å². The predicted octanol–water partition coefficient (Wildman–Crippen LogP) is 27.6. The lowest BCUT2D eigenvalue weighted by atomic mass is 9.93. The van der Waals surface area contributed by atoms with Crippen molar-refractivity contribution in [3.8, 4) is 0 Å². The van der Waals surface area contributed by atoms with E-state index in [1.165, 1.54) is 347 Å². The second kappa shape index (κ2) is 32.3. The second-order valence-electron chi connectivity index (χ2n) is 32.4. The lowest BCUT2D eigenvalue weighted by Crippen LogP contribution is -2.32. The van der Waals surface area contributed by atoms with Gasteiger partial charge in [-0.1, -0.05) is 262 Å². The van der Waals surface area contributed by atoms with Crippen LogP contribution in [0, 0.1) is 0 Å². The molecule has 6 nitrogen and oxygen atoms in total. The Bertz CT molecular complexity index is 4540. The van der Waals surface area contributed by atoms with Gasteiger partial charge >= 0.3 is 0 Å². The monoisotopic (exact) mass is 1350 g/mol. The number of nitrogens with zero attached hydrogens (tertiary/aromatic N) is 6. The smallest absolute Gasteiger partial charge is 0.265 e. The third-order valence-corrected chi connectivity index (χ3v) is 26.1. The number of fused-ring (bicyclic) bond motifs is 9. The topological polar surface area (TPSA) is 25.8 Å². The maximum Gasteiger partial charge on any atom is 0.265 e. The number of thiophene rings is 1.